The molecule has 6 heteroatoms. The number of hydrogen-bond donors (Lipinski definition) is 0. The van der Waals surface area contributed by atoms with Gasteiger partial charge in [-0.3, -0.25) is 0 Å². The van der Waals surface area contributed by atoms with Crippen molar-refractivity contribution in [1.82, 2.24) is 0 Å². The lowest BCUT2D eigenvalue weighted by atomic mass is 9.99. The highest BCUT2D eigenvalue weighted by Crippen LogP contribution is 2.31. The fourth-order valence-electron chi connectivity index (χ4n) is 2.39. The maximum absolute atomic E-state index is 11.6. The number of fused-ring (bicyclic) bond motifs is 1. The van der Waals surface area contributed by atoms with Crippen LogP contribution in [0.4, 0.5) is 0 Å². The number of carbonyl (C=O) groups is 1. The minimum atomic E-state index is -0.421. The van der Waals surface area contributed by atoms with Crippen molar-refractivity contribution >= 4 is 5.97 Å². The average Bonchev–Trinajstić information content (AvgIpc) is 2.97. The number of ether oxygens (including phenoxy) is 5. The molecule has 126 valence electrons. The van der Waals surface area contributed by atoms with E-state index in [0.29, 0.717) is 25.4 Å². The molecule has 2 rings (SSSR count). The fourth-order valence-corrected chi connectivity index (χ4v) is 2.39. The van der Waals surface area contributed by atoms with E-state index in [1.807, 2.05) is 0 Å². The minimum Gasteiger partial charge on any atom is -0.454 e. The van der Waals surface area contributed by atoms with Crippen LogP contribution in [0.2, 0.25) is 0 Å². The van der Waals surface area contributed by atoms with E-state index in [1.54, 1.807) is 6.92 Å². The average molecular weight is 314 g/mol. The van der Waals surface area contributed by atoms with Crippen molar-refractivity contribution in [3.05, 3.63) is 12.2 Å². The van der Waals surface area contributed by atoms with Crippen LogP contribution in [-0.4, -0.2) is 57.0 Å². The van der Waals surface area contributed by atoms with E-state index < -0.39 is 12.1 Å². The summed E-state index contributed by atoms with van der Waals surface area (Å²) in [4.78, 5) is 11.6. The third kappa shape index (κ3) is 4.52. The van der Waals surface area contributed by atoms with Crippen molar-refractivity contribution in [1.29, 1.82) is 0 Å². The monoisotopic (exact) mass is 314 g/mol. The Bertz CT molecular complexity index is 413. The van der Waals surface area contributed by atoms with E-state index in [-0.39, 0.29) is 30.5 Å². The van der Waals surface area contributed by atoms with Crippen LogP contribution in [-0.2, 0) is 28.5 Å². The van der Waals surface area contributed by atoms with E-state index in [4.69, 9.17) is 23.7 Å². The molecule has 0 aromatic heterocycles. The van der Waals surface area contributed by atoms with Crippen molar-refractivity contribution in [3.63, 3.8) is 0 Å². The van der Waals surface area contributed by atoms with Crippen LogP contribution in [0, 0.1) is 5.41 Å². The standard InChI is InChI=1S/C16H26O6/c1-10(2)15(17)22-12-7-20-13-11(6-19-14(12)13)21-9-18-8-16(3,4)5/h11-14H,1,6-9H2,2-5H3/t11-,12+,13-,14-/m1/s1. The van der Waals surface area contributed by atoms with E-state index in [9.17, 15) is 4.79 Å². The highest BCUT2D eigenvalue weighted by molar-refractivity contribution is 5.87. The zero-order chi connectivity index (χ0) is 16.3. The molecule has 0 bridgehead atoms. The van der Waals surface area contributed by atoms with Gasteiger partial charge in [0.1, 0.15) is 25.1 Å². The second-order valence-electron chi connectivity index (χ2n) is 7.05. The van der Waals surface area contributed by atoms with E-state index >= 15 is 0 Å². The lowest BCUT2D eigenvalue weighted by molar-refractivity contribution is -0.149. The molecule has 0 aromatic rings. The third-order valence-electron chi connectivity index (χ3n) is 3.47. The Hall–Kier alpha value is -0.950. The van der Waals surface area contributed by atoms with Gasteiger partial charge >= 0.3 is 5.97 Å². The maximum Gasteiger partial charge on any atom is 0.333 e. The molecule has 0 aliphatic carbocycles. The Labute approximate surface area is 131 Å². The van der Waals surface area contributed by atoms with Gasteiger partial charge in [-0.05, 0) is 12.3 Å². The van der Waals surface area contributed by atoms with Crippen LogP contribution >= 0.6 is 0 Å². The first-order valence-electron chi connectivity index (χ1n) is 7.57. The quantitative estimate of drug-likeness (QED) is 0.322. The molecule has 2 heterocycles. The van der Waals surface area contributed by atoms with Gasteiger partial charge in [-0.1, -0.05) is 27.4 Å². The highest BCUT2D eigenvalue weighted by Gasteiger charge is 2.50. The van der Waals surface area contributed by atoms with Crippen molar-refractivity contribution < 1.29 is 28.5 Å². The lowest BCUT2D eigenvalue weighted by Gasteiger charge is -2.20. The number of rotatable bonds is 6. The van der Waals surface area contributed by atoms with Crippen molar-refractivity contribution in [3.8, 4) is 0 Å². The van der Waals surface area contributed by atoms with Crippen molar-refractivity contribution in [2.75, 3.05) is 26.6 Å². The second kappa shape index (κ2) is 7.08. The van der Waals surface area contributed by atoms with Crippen LogP contribution in [0.1, 0.15) is 27.7 Å². The largest absolute Gasteiger partial charge is 0.454 e. The molecule has 2 saturated heterocycles. The normalized spacial score (nSPS) is 31.1. The molecule has 0 aromatic carbocycles. The van der Waals surface area contributed by atoms with E-state index in [1.165, 1.54) is 0 Å². The first kappa shape index (κ1) is 17.4. The molecule has 0 spiro atoms. The van der Waals surface area contributed by atoms with Gasteiger partial charge in [0.2, 0.25) is 0 Å². The third-order valence-corrected chi connectivity index (χ3v) is 3.47. The zero-order valence-electron chi connectivity index (χ0n) is 13.8. The SMILES string of the molecule is C=C(C)C(=O)O[C@H]1CO[C@H]2[C@@H]1OC[C@H]2OCOCC(C)(C)C. The van der Waals surface area contributed by atoms with Gasteiger partial charge in [-0.25, -0.2) is 4.79 Å². The van der Waals surface area contributed by atoms with E-state index in [2.05, 4.69) is 27.4 Å². The Morgan fingerprint density at radius 1 is 1.18 bits per heavy atom. The minimum absolute atomic E-state index is 0.101. The predicted molar refractivity (Wildman–Crippen MR) is 79.3 cm³/mol. The number of hydrogen-bond acceptors (Lipinski definition) is 6. The van der Waals surface area contributed by atoms with Gasteiger partial charge in [0, 0.05) is 5.57 Å². The van der Waals surface area contributed by atoms with Crippen LogP contribution in [0.15, 0.2) is 12.2 Å². The summed E-state index contributed by atoms with van der Waals surface area (Å²) < 4.78 is 27.9. The smallest absolute Gasteiger partial charge is 0.333 e. The summed E-state index contributed by atoms with van der Waals surface area (Å²) in [7, 11) is 0. The molecule has 6 nitrogen and oxygen atoms in total. The van der Waals surface area contributed by atoms with Gasteiger partial charge in [-0.2, -0.15) is 0 Å². The summed E-state index contributed by atoms with van der Waals surface area (Å²) in [5.41, 5.74) is 0.467. The topological polar surface area (TPSA) is 63.2 Å². The fraction of sp³-hybridized carbons (Fsp3) is 0.812. The molecule has 4 atom stereocenters. The Morgan fingerprint density at radius 2 is 1.77 bits per heavy atom. The van der Waals surface area contributed by atoms with E-state index in [0.717, 1.165) is 0 Å². The Balaban J connectivity index is 1.75. The first-order chi connectivity index (χ1) is 10.3. The molecule has 0 saturated carbocycles. The Kier molecular flexibility index (Phi) is 5.60. The van der Waals surface area contributed by atoms with Crippen LogP contribution in [0.25, 0.3) is 0 Å². The lowest BCUT2D eigenvalue weighted by Crippen LogP contribution is -2.35. The number of esters is 1. The molecule has 0 N–H and O–H groups in total. The van der Waals surface area contributed by atoms with Gasteiger partial charge < -0.3 is 23.7 Å². The molecule has 2 aliphatic rings. The summed E-state index contributed by atoms with van der Waals surface area (Å²) >= 11 is 0. The molecule has 2 fully saturated rings. The summed E-state index contributed by atoms with van der Waals surface area (Å²) in [5.74, 6) is -0.421. The zero-order valence-corrected chi connectivity index (χ0v) is 13.8. The van der Waals surface area contributed by atoms with Crippen molar-refractivity contribution in [2.45, 2.75) is 52.1 Å². The summed E-state index contributed by atoms with van der Waals surface area (Å²) in [6.45, 7) is 13.0. The van der Waals surface area contributed by atoms with Crippen LogP contribution in [0.3, 0.4) is 0 Å². The van der Waals surface area contributed by atoms with Gasteiger partial charge in [0.15, 0.2) is 6.10 Å². The number of carbonyl (C=O) groups excluding carboxylic acids is 1. The molecule has 2 aliphatic heterocycles. The molecular formula is C16H26O6. The molecule has 0 amide bonds. The van der Waals surface area contributed by atoms with Crippen LogP contribution in [0.5, 0.6) is 0 Å². The first-order valence-corrected chi connectivity index (χ1v) is 7.57. The molecule has 22 heavy (non-hydrogen) atoms. The summed E-state index contributed by atoms with van der Waals surface area (Å²) in [6, 6.07) is 0. The predicted octanol–water partition coefficient (Wildman–Crippen LogP) is 1.68. The van der Waals surface area contributed by atoms with Gasteiger partial charge in [0.05, 0.1) is 19.8 Å². The van der Waals surface area contributed by atoms with Gasteiger partial charge in [0.25, 0.3) is 0 Å². The van der Waals surface area contributed by atoms with Crippen molar-refractivity contribution in [2.24, 2.45) is 5.41 Å². The highest BCUT2D eigenvalue weighted by atomic mass is 16.7. The molecule has 0 unspecified atom stereocenters. The maximum atomic E-state index is 11.6. The molecule has 0 radical (unpaired) electrons. The second-order valence-corrected chi connectivity index (χ2v) is 7.05. The summed E-state index contributed by atoms with van der Waals surface area (Å²) in [5, 5.41) is 0. The Morgan fingerprint density at radius 3 is 2.36 bits per heavy atom. The van der Waals surface area contributed by atoms with Crippen LogP contribution < -0.4 is 0 Å². The molecular weight excluding hydrogens is 288 g/mol. The van der Waals surface area contributed by atoms with Gasteiger partial charge in [-0.15, -0.1) is 0 Å². The summed E-state index contributed by atoms with van der Waals surface area (Å²) in [6.07, 6.45) is -1.10.